The minimum Gasteiger partial charge on any atom is -0.497 e. The molecule has 0 amide bonds. The first kappa shape index (κ1) is 35.5. The van der Waals surface area contributed by atoms with E-state index < -0.39 is 56.6 Å². The van der Waals surface area contributed by atoms with Crippen LogP contribution in [-0.4, -0.2) is 60.5 Å². The van der Waals surface area contributed by atoms with Crippen molar-refractivity contribution in [1.82, 2.24) is 4.31 Å². The Morgan fingerprint density at radius 3 is 2.11 bits per heavy atom. The van der Waals surface area contributed by atoms with Gasteiger partial charge in [0.2, 0.25) is 10.0 Å². The minimum atomic E-state index is -6.38. The van der Waals surface area contributed by atoms with Crippen molar-refractivity contribution < 1.29 is 47.3 Å². The molecule has 16 heteroatoms. The summed E-state index contributed by atoms with van der Waals surface area (Å²) in [5.41, 5.74) is -6.11. The van der Waals surface area contributed by atoms with E-state index in [4.69, 9.17) is 4.74 Å². The van der Waals surface area contributed by atoms with E-state index >= 15 is 0 Å². The average Bonchev–Trinajstić information content (AvgIpc) is 3.06. The molecule has 3 aromatic carbocycles. The first-order chi connectivity index (χ1) is 21.4. The normalized spacial score (nSPS) is 18.9. The third kappa shape index (κ3) is 6.99. The second-order valence-electron chi connectivity index (χ2n) is 11.0. The SMILES string of the molecule is CCCCC1(CC)CN(c2ccccc2)c2cc(S(C)(=O)=O)c(OS(=O)(=O)C(F)(F)F)cc2S(=O)(=O)N1Cc1ccc(OC)cc1. The lowest BCUT2D eigenvalue weighted by Gasteiger charge is -2.43. The number of benzene rings is 3. The van der Waals surface area contributed by atoms with Gasteiger partial charge in [0.05, 0.1) is 18.3 Å². The van der Waals surface area contributed by atoms with Crippen molar-refractivity contribution in [1.29, 1.82) is 0 Å². The number of fused-ring (bicyclic) bond motifs is 1. The van der Waals surface area contributed by atoms with Crippen molar-refractivity contribution in [3.63, 3.8) is 0 Å². The summed E-state index contributed by atoms with van der Waals surface area (Å²) in [6, 6.07) is 16.6. The van der Waals surface area contributed by atoms with Crippen LogP contribution in [0.15, 0.2) is 76.5 Å². The number of anilines is 2. The van der Waals surface area contributed by atoms with E-state index in [2.05, 4.69) is 4.18 Å². The molecule has 0 N–H and O–H groups in total. The van der Waals surface area contributed by atoms with E-state index in [1.165, 1.54) is 11.4 Å². The molecule has 1 heterocycles. The maximum absolute atomic E-state index is 14.8. The third-order valence-electron chi connectivity index (χ3n) is 7.95. The molecule has 4 rings (SSSR count). The molecule has 3 aromatic rings. The van der Waals surface area contributed by atoms with E-state index in [1.54, 1.807) is 59.5 Å². The molecular weight excluding hydrogens is 670 g/mol. The van der Waals surface area contributed by atoms with Gasteiger partial charge in [0.25, 0.3) is 0 Å². The number of hydrogen-bond donors (Lipinski definition) is 0. The van der Waals surface area contributed by atoms with Gasteiger partial charge in [-0.25, -0.2) is 16.8 Å². The van der Waals surface area contributed by atoms with Gasteiger partial charge in [0.15, 0.2) is 15.6 Å². The topological polar surface area (TPSA) is 127 Å². The highest BCUT2D eigenvalue weighted by Crippen LogP contribution is 2.47. The van der Waals surface area contributed by atoms with Crippen molar-refractivity contribution >= 4 is 41.4 Å². The van der Waals surface area contributed by atoms with Crippen LogP contribution in [0.4, 0.5) is 24.5 Å². The molecule has 0 bridgehead atoms. The van der Waals surface area contributed by atoms with Crippen LogP contribution in [0, 0.1) is 0 Å². The lowest BCUT2D eigenvalue weighted by Crippen LogP contribution is -2.54. The van der Waals surface area contributed by atoms with Crippen LogP contribution in [-0.2, 0) is 36.5 Å². The summed E-state index contributed by atoms with van der Waals surface area (Å²) in [5, 5.41) is 0. The third-order valence-corrected chi connectivity index (χ3v) is 12.0. The standard InChI is InChI=1S/C30H35F3N2O8S3/c1-5-7-17-29(6-2)21-34(23-11-9-8-10-12-23)25-18-28(44(4,36)37)26(43-46(40,41)30(31,32)33)19-27(25)45(38,39)35(29)20-22-13-15-24(42-3)16-14-22/h8-16,18-19H,5-7,17,20-21H2,1-4H3. The number of rotatable bonds is 11. The second kappa shape index (κ2) is 13.0. The molecule has 10 nitrogen and oxygen atoms in total. The highest BCUT2D eigenvalue weighted by Gasteiger charge is 2.51. The van der Waals surface area contributed by atoms with Gasteiger partial charge < -0.3 is 13.8 Å². The zero-order chi connectivity index (χ0) is 34.1. The minimum absolute atomic E-state index is 0.0418. The maximum Gasteiger partial charge on any atom is 0.534 e. The van der Waals surface area contributed by atoms with Crippen LogP contribution >= 0.6 is 0 Å². The van der Waals surface area contributed by atoms with E-state index in [-0.39, 0.29) is 18.8 Å². The number of sulfonamides is 1. The number of nitrogens with zero attached hydrogens (tertiary/aromatic N) is 2. The Hall–Kier alpha value is -3.34. The lowest BCUT2D eigenvalue weighted by molar-refractivity contribution is -0.0501. The van der Waals surface area contributed by atoms with Crippen molar-refractivity contribution in [3.8, 4) is 11.5 Å². The van der Waals surface area contributed by atoms with Gasteiger partial charge >= 0.3 is 15.6 Å². The predicted octanol–water partition coefficient (Wildman–Crippen LogP) is 6.01. The molecule has 1 aliphatic heterocycles. The summed E-state index contributed by atoms with van der Waals surface area (Å²) < 4.78 is 131. The summed E-state index contributed by atoms with van der Waals surface area (Å²) >= 11 is 0. The van der Waals surface area contributed by atoms with E-state index in [0.717, 1.165) is 12.5 Å². The van der Waals surface area contributed by atoms with Crippen molar-refractivity contribution in [2.45, 2.75) is 66.9 Å². The number of alkyl halides is 3. The fourth-order valence-corrected chi connectivity index (χ4v) is 8.81. The van der Waals surface area contributed by atoms with Gasteiger partial charge in [-0.2, -0.15) is 25.9 Å². The number of halogens is 3. The Morgan fingerprint density at radius 2 is 1.59 bits per heavy atom. The highest BCUT2D eigenvalue weighted by atomic mass is 32.2. The zero-order valence-corrected chi connectivity index (χ0v) is 28.1. The van der Waals surface area contributed by atoms with Gasteiger partial charge in [-0.05, 0) is 48.7 Å². The molecule has 0 radical (unpaired) electrons. The van der Waals surface area contributed by atoms with Crippen molar-refractivity contribution in [2.75, 3.05) is 24.8 Å². The first-order valence-corrected chi connectivity index (χ1v) is 19.0. The summed E-state index contributed by atoms with van der Waals surface area (Å²) in [4.78, 5) is 0.0717. The van der Waals surface area contributed by atoms with Crippen LogP contribution in [0.2, 0.25) is 0 Å². The molecule has 0 saturated heterocycles. The van der Waals surface area contributed by atoms with Gasteiger partial charge in [-0.1, -0.05) is 57.0 Å². The molecule has 46 heavy (non-hydrogen) atoms. The second-order valence-corrected chi connectivity index (χ2v) is 16.3. The summed E-state index contributed by atoms with van der Waals surface area (Å²) in [6.45, 7) is 3.67. The van der Waals surface area contributed by atoms with Crippen LogP contribution in [0.25, 0.3) is 0 Å². The first-order valence-electron chi connectivity index (χ1n) is 14.3. The number of unbranched alkanes of at least 4 members (excludes halogenated alkanes) is 1. The molecule has 1 aliphatic rings. The van der Waals surface area contributed by atoms with Gasteiger partial charge in [0.1, 0.15) is 15.5 Å². The number of sulfone groups is 1. The fourth-order valence-electron chi connectivity index (χ4n) is 5.46. The van der Waals surface area contributed by atoms with Crippen LogP contribution in [0.1, 0.15) is 45.1 Å². The summed E-state index contributed by atoms with van der Waals surface area (Å²) in [7, 11) is -14.0. The zero-order valence-electron chi connectivity index (χ0n) is 25.6. The Labute approximate surface area is 267 Å². The maximum atomic E-state index is 14.8. The highest BCUT2D eigenvalue weighted by molar-refractivity contribution is 7.91. The average molecular weight is 705 g/mol. The number of para-hydroxylation sites is 1. The van der Waals surface area contributed by atoms with Crippen LogP contribution in [0.3, 0.4) is 0 Å². The Balaban J connectivity index is 2.10. The molecule has 0 aromatic heterocycles. The molecule has 0 spiro atoms. The van der Waals surface area contributed by atoms with Gasteiger partial charge in [-0.3, -0.25) is 0 Å². The quantitative estimate of drug-likeness (QED) is 0.174. The van der Waals surface area contributed by atoms with Gasteiger partial charge in [0, 0.05) is 31.1 Å². The fraction of sp³-hybridized carbons (Fsp3) is 0.400. The van der Waals surface area contributed by atoms with E-state index in [9.17, 15) is 38.4 Å². The smallest absolute Gasteiger partial charge is 0.497 e. The Kier molecular flexibility index (Phi) is 10.1. The summed E-state index contributed by atoms with van der Waals surface area (Å²) in [6.07, 6.45) is 2.70. The van der Waals surface area contributed by atoms with E-state index in [0.29, 0.717) is 48.6 Å². The number of ether oxygens (including phenoxy) is 1. The Morgan fingerprint density at radius 1 is 0.957 bits per heavy atom. The molecule has 0 saturated carbocycles. The number of hydrogen-bond acceptors (Lipinski definition) is 9. The van der Waals surface area contributed by atoms with Crippen molar-refractivity contribution in [3.05, 3.63) is 72.3 Å². The number of methoxy groups -OCH3 is 1. The van der Waals surface area contributed by atoms with Crippen LogP contribution in [0.5, 0.6) is 11.5 Å². The molecule has 252 valence electrons. The molecule has 1 unspecified atom stereocenters. The largest absolute Gasteiger partial charge is 0.534 e. The molecular formula is C30H35F3N2O8S3. The van der Waals surface area contributed by atoms with Crippen molar-refractivity contribution in [2.24, 2.45) is 0 Å². The monoisotopic (exact) mass is 704 g/mol. The van der Waals surface area contributed by atoms with Crippen LogP contribution < -0.4 is 13.8 Å². The van der Waals surface area contributed by atoms with E-state index in [1.807, 2.05) is 13.8 Å². The summed E-state index contributed by atoms with van der Waals surface area (Å²) in [5.74, 6) is -0.742. The lowest BCUT2D eigenvalue weighted by atomic mass is 9.88. The molecule has 1 atom stereocenters. The predicted molar refractivity (Wildman–Crippen MR) is 167 cm³/mol. The molecule has 0 aliphatic carbocycles. The Bertz CT molecular complexity index is 1890. The molecule has 0 fully saturated rings. The van der Waals surface area contributed by atoms with Gasteiger partial charge in [-0.15, -0.1) is 0 Å².